The van der Waals surface area contributed by atoms with Crippen molar-refractivity contribution < 1.29 is 26.7 Å². The normalized spacial score (nSPS) is 20.0. The minimum absolute atomic E-state index is 0.0217. The molecule has 0 aliphatic carbocycles. The molecule has 1 aliphatic heterocycles. The molecule has 0 bridgehead atoms. The summed E-state index contributed by atoms with van der Waals surface area (Å²) in [7, 11) is -6.37. The Morgan fingerprint density at radius 3 is 2.44 bits per heavy atom. The summed E-state index contributed by atoms with van der Waals surface area (Å²) in [6.07, 6.45) is 2.56. The van der Waals surface area contributed by atoms with Crippen molar-refractivity contribution in [1.29, 1.82) is 0 Å². The largest absolute Gasteiger partial charge is 0.487 e. The lowest BCUT2D eigenvalue weighted by molar-refractivity contribution is 0.0904. The highest BCUT2D eigenvalue weighted by Crippen LogP contribution is 2.34. The molecule has 206 valence electrons. The van der Waals surface area contributed by atoms with Gasteiger partial charge in [-0.15, -0.1) is 0 Å². The van der Waals surface area contributed by atoms with Crippen LogP contribution in [0, 0.1) is 17.8 Å². The maximum absolute atomic E-state index is 13.7. The van der Waals surface area contributed by atoms with Crippen LogP contribution in [0.25, 0.3) is 0 Å². The van der Waals surface area contributed by atoms with E-state index in [2.05, 4.69) is 16.8 Å². The van der Waals surface area contributed by atoms with Gasteiger partial charge in [0.15, 0.2) is 0 Å². The number of aliphatic hydroxyl groups excluding tert-OH is 1. The zero-order chi connectivity index (χ0) is 28.2. The van der Waals surface area contributed by atoms with Gasteiger partial charge in [-0.05, 0) is 49.4 Å². The Bertz CT molecular complexity index is 1570. The van der Waals surface area contributed by atoms with Crippen LogP contribution in [0.5, 0.6) is 5.75 Å². The number of fused-ring (bicyclic) bond motifs is 1. The third kappa shape index (κ3) is 6.32. The molecule has 3 aromatic rings. The predicted molar refractivity (Wildman–Crippen MR) is 147 cm³/mol. The predicted octanol–water partition coefficient (Wildman–Crippen LogP) is 2.57. The van der Waals surface area contributed by atoms with Gasteiger partial charge in [-0.3, -0.25) is 4.98 Å². The number of likely N-dealkylation sites (N-methyl/N-ethyl adjacent to an activating group) is 1. The van der Waals surface area contributed by atoms with Crippen LogP contribution < -0.4 is 4.74 Å². The third-order valence-electron chi connectivity index (χ3n) is 6.59. The second kappa shape index (κ2) is 11.9. The first-order valence-corrected chi connectivity index (χ1v) is 15.3. The standard InChI is InChI=1S/C28H31N3O6S2/c1-21-18-31(22(2)20-32)39(35,36)28-12-11-24(10-9-23-13-15-29-16-14-23)17-26(28)37-27(21)19-30(3)38(33,34)25-7-5-4-6-8-25/h4-8,11-17,21-22,27,32H,18-20H2,1-3H3/t21-,22+,27+/m1/s1. The van der Waals surface area contributed by atoms with E-state index in [1.807, 2.05) is 0 Å². The number of ether oxygens (including phenoxy) is 1. The SMILES string of the molecule is C[C@@H]1CN([C@@H](C)CO)S(=O)(=O)c2ccc(C#Cc3ccncc3)cc2O[C@H]1CN(C)S(=O)(=O)c1ccccc1. The molecule has 4 rings (SSSR count). The van der Waals surface area contributed by atoms with Crippen molar-refractivity contribution in [2.75, 3.05) is 26.7 Å². The van der Waals surface area contributed by atoms with Crippen molar-refractivity contribution in [3.63, 3.8) is 0 Å². The van der Waals surface area contributed by atoms with Gasteiger partial charge in [-0.25, -0.2) is 16.8 Å². The highest BCUT2D eigenvalue weighted by atomic mass is 32.2. The number of rotatable bonds is 6. The molecule has 0 spiro atoms. The highest BCUT2D eigenvalue weighted by Gasteiger charge is 2.39. The van der Waals surface area contributed by atoms with E-state index in [4.69, 9.17) is 4.74 Å². The van der Waals surface area contributed by atoms with Gasteiger partial charge in [0.05, 0.1) is 18.0 Å². The number of sulfonamides is 2. The van der Waals surface area contributed by atoms with Crippen molar-refractivity contribution in [3.05, 3.63) is 84.2 Å². The van der Waals surface area contributed by atoms with Gasteiger partial charge in [0, 0.05) is 49.1 Å². The lowest BCUT2D eigenvalue weighted by Gasteiger charge is -2.37. The van der Waals surface area contributed by atoms with E-state index in [-0.39, 0.29) is 35.2 Å². The Kier molecular flexibility index (Phi) is 8.73. The maximum atomic E-state index is 13.7. The number of aliphatic hydroxyl groups is 1. The lowest BCUT2D eigenvalue weighted by atomic mass is 10.0. The topological polar surface area (TPSA) is 117 Å². The minimum Gasteiger partial charge on any atom is -0.487 e. The highest BCUT2D eigenvalue weighted by molar-refractivity contribution is 7.89. The first kappa shape index (κ1) is 28.7. The maximum Gasteiger partial charge on any atom is 0.247 e. The number of nitrogens with zero attached hydrogens (tertiary/aromatic N) is 3. The summed E-state index contributed by atoms with van der Waals surface area (Å²) >= 11 is 0. The average molecular weight is 570 g/mol. The molecule has 0 amide bonds. The van der Waals surface area contributed by atoms with Gasteiger partial charge < -0.3 is 9.84 Å². The fraction of sp³-hybridized carbons (Fsp3) is 0.321. The summed E-state index contributed by atoms with van der Waals surface area (Å²) in [4.78, 5) is 4.06. The van der Waals surface area contributed by atoms with Crippen LogP contribution in [0.1, 0.15) is 25.0 Å². The molecule has 9 nitrogen and oxygen atoms in total. The van der Waals surface area contributed by atoms with Crippen molar-refractivity contribution in [2.24, 2.45) is 5.92 Å². The van der Waals surface area contributed by atoms with E-state index in [0.717, 1.165) is 5.56 Å². The second-order valence-corrected chi connectivity index (χ2v) is 13.4. The Hall–Kier alpha value is -3.27. The monoisotopic (exact) mass is 569 g/mol. The minimum atomic E-state index is -4.03. The van der Waals surface area contributed by atoms with E-state index in [1.165, 1.54) is 33.9 Å². The van der Waals surface area contributed by atoms with Gasteiger partial charge in [0.1, 0.15) is 16.7 Å². The van der Waals surface area contributed by atoms with Gasteiger partial charge in [0.25, 0.3) is 0 Å². The first-order valence-electron chi connectivity index (χ1n) is 12.4. The quantitative estimate of drug-likeness (QED) is 0.454. The third-order valence-corrected chi connectivity index (χ3v) is 10.4. The fourth-order valence-electron chi connectivity index (χ4n) is 4.22. The molecule has 1 N–H and O–H groups in total. The number of hydrogen-bond donors (Lipinski definition) is 1. The van der Waals surface area contributed by atoms with Gasteiger partial charge in [-0.1, -0.05) is 37.0 Å². The molecule has 0 saturated carbocycles. The van der Waals surface area contributed by atoms with Crippen molar-refractivity contribution >= 4 is 20.0 Å². The number of aromatic nitrogens is 1. The van der Waals surface area contributed by atoms with E-state index >= 15 is 0 Å². The van der Waals surface area contributed by atoms with E-state index in [1.54, 1.807) is 68.7 Å². The Morgan fingerprint density at radius 1 is 1.10 bits per heavy atom. The smallest absolute Gasteiger partial charge is 0.247 e. The molecule has 1 aliphatic rings. The van der Waals surface area contributed by atoms with Gasteiger partial charge in [0.2, 0.25) is 20.0 Å². The van der Waals surface area contributed by atoms with Crippen molar-refractivity contribution in [2.45, 2.75) is 35.8 Å². The zero-order valence-electron chi connectivity index (χ0n) is 21.9. The molecule has 2 aromatic carbocycles. The number of pyridine rings is 1. The van der Waals surface area contributed by atoms with E-state index in [9.17, 15) is 21.9 Å². The van der Waals surface area contributed by atoms with Crippen LogP contribution >= 0.6 is 0 Å². The second-order valence-electron chi connectivity index (χ2n) is 9.49. The Labute approximate surface area is 230 Å². The molecule has 0 unspecified atom stereocenters. The van der Waals surface area contributed by atoms with Crippen LogP contribution in [-0.2, 0) is 20.0 Å². The lowest BCUT2D eigenvalue weighted by Crippen LogP contribution is -2.50. The molecule has 1 aromatic heterocycles. The van der Waals surface area contributed by atoms with Crippen molar-refractivity contribution in [1.82, 2.24) is 13.6 Å². The Morgan fingerprint density at radius 2 is 1.77 bits per heavy atom. The average Bonchev–Trinajstić information content (AvgIpc) is 2.94. The summed E-state index contributed by atoms with van der Waals surface area (Å²) < 4.78 is 62.5. The molecule has 0 saturated heterocycles. The molecular formula is C28H31N3O6S2. The molecule has 11 heteroatoms. The summed E-state index contributed by atoms with van der Waals surface area (Å²) in [5.41, 5.74) is 1.27. The fourth-order valence-corrected chi connectivity index (χ4v) is 7.25. The van der Waals surface area contributed by atoms with Crippen LogP contribution in [0.2, 0.25) is 0 Å². The molecule has 0 fully saturated rings. The number of hydrogen-bond acceptors (Lipinski definition) is 7. The molecular weight excluding hydrogens is 538 g/mol. The van der Waals surface area contributed by atoms with Gasteiger partial charge in [-0.2, -0.15) is 8.61 Å². The van der Waals surface area contributed by atoms with E-state index < -0.39 is 38.1 Å². The first-order chi connectivity index (χ1) is 18.5. The van der Waals surface area contributed by atoms with Gasteiger partial charge >= 0.3 is 0 Å². The summed E-state index contributed by atoms with van der Waals surface area (Å²) in [6.45, 7) is 3.08. The number of benzene rings is 2. The molecule has 39 heavy (non-hydrogen) atoms. The summed E-state index contributed by atoms with van der Waals surface area (Å²) in [6, 6.07) is 15.5. The molecule has 3 atom stereocenters. The van der Waals surface area contributed by atoms with Crippen LogP contribution in [0.15, 0.2) is 82.8 Å². The van der Waals surface area contributed by atoms with Crippen LogP contribution in [0.4, 0.5) is 0 Å². The van der Waals surface area contributed by atoms with Crippen molar-refractivity contribution in [3.8, 4) is 17.6 Å². The molecule has 0 radical (unpaired) electrons. The summed E-state index contributed by atoms with van der Waals surface area (Å²) in [5, 5.41) is 9.83. The zero-order valence-corrected chi connectivity index (χ0v) is 23.6. The van der Waals surface area contributed by atoms with Crippen LogP contribution in [-0.4, -0.2) is 74.4 Å². The molecule has 2 heterocycles. The summed E-state index contributed by atoms with van der Waals surface area (Å²) in [5.74, 6) is 5.70. The van der Waals surface area contributed by atoms with Crippen LogP contribution in [0.3, 0.4) is 0 Å². The Balaban J connectivity index is 1.75. The van der Waals surface area contributed by atoms with E-state index in [0.29, 0.717) is 5.56 Å².